The minimum Gasteiger partial charge on any atom is -0.356 e. The van der Waals surface area contributed by atoms with Crippen LogP contribution in [0.1, 0.15) is 36.7 Å². The third-order valence-electron chi connectivity index (χ3n) is 6.08. The van der Waals surface area contributed by atoms with Crippen LogP contribution in [-0.4, -0.2) is 45.2 Å². The van der Waals surface area contributed by atoms with Gasteiger partial charge in [-0.05, 0) is 43.2 Å². The van der Waals surface area contributed by atoms with Crippen LogP contribution in [0.5, 0.6) is 0 Å². The third kappa shape index (κ3) is 2.81. The highest BCUT2D eigenvalue weighted by Gasteiger charge is 2.48. The molecule has 6 heteroatoms. The number of hydrogen-bond acceptors (Lipinski definition) is 2. The molecule has 1 N–H and O–H groups in total. The zero-order chi connectivity index (χ0) is 20.3. The Kier molecular flexibility index (Phi) is 4.28. The molecule has 0 bridgehead atoms. The van der Waals surface area contributed by atoms with Gasteiger partial charge in [-0.15, -0.1) is 0 Å². The molecule has 3 heterocycles. The second-order valence-corrected chi connectivity index (χ2v) is 9.02. The number of carbonyl (C=O) groups is 2. The van der Waals surface area contributed by atoms with Crippen molar-refractivity contribution in [3.63, 3.8) is 0 Å². The van der Waals surface area contributed by atoms with Crippen LogP contribution >= 0.6 is 15.9 Å². The summed E-state index contributed by atoms with van der Waals surface area (Å²) in [5.41, 5.74) is 4.19. The summed E-state index contributed by atoms with van der Waals surface area (Å²) in [6.45, 7) is 4.06. The molecule has 5 rings (SSSR count). The second-order valence-electron chi connectivity index (χ2n) is 8.10. The largest absolute Gasteiger partial charge is 0.356 e. The van der Waals surface area contributed by atoms with Crippen LogP contribution in [0.2, 0.25) is 0 Å². The molecule has 5 nitrogen and oxygen atoms in total. The minimum absolute atomic E-state index is 0.00212. The van der Waals surface area contributed by atoms with Gasteiger partial charge >= 0.3 is 0 Å². The second kappa shape index (κ2) is 6.73. The van der Waals surface area contributed by atoms with Gasteiger partial charge in [0, 0.05) is 33.5 Å². The molecule has 1 unspecified atom stereocenters. The van der Waals surface area contributed by atoms with Gasteiger partial charge in [0.05, 0.1) is 6.04 Å². The number of benzene rings is 2. The molecule has 0 saturated carbocycles. The van der Waals surface area contributed by atoms with Crippen molar-refractivity contribution in [1.29, 1.82) is 0 Å². The highest BCUT2D eigenvalue weighted by atomic mass is 79.9. The van der Waals surface area contributed by atoms with E-state index in [9.17, 15) is 9.59 Å². The van der Waals surface area contributed by atoms with Crippen LogP contribution < -0.4 is 0 Å². The lowest BCUT2D eigenvalue weighted by atomic mass is 9.86. The van der Waals surface area contributed by atoms with Crippen molar-refractivity contribution in [2.45, 2.75) is 38.4 Å². The van der Waals surface area contributed by atoms with Crippen molar-refractivity contribution in [1.82, 2.24) is 14.8 Å². The lowest BCUT2D eigenvalue weighted by molar-refractivity contribution is -0.160. The van der Waals surface area contributed by atoms with E-state index in [-0.39, 0.29) is 30.4 Å². The van der Waals surface area contributed by atoms with Crippen molar-refractivity contribution < 1.29 is 9.59 Å². The molecule has 29 heavy (non-hydrogen) atoms. The zero-order valence-electron chi connectivity index (χ0n) is 16.4. The van der Waals surface area contributed by atoms with Crippen LogP contribution in [-0.2, 0) is 16.0 Å². The summed E-state index contributed by atoms with van der Waals surface area (Å²) in [5, 5.41) is 1.13. The first-order valence-corrected chi connectivity index (χ1v) is 10.7. The van der Waals surface area contributed by atoms with E-state index in [1.165, 1.54) is 0 Å². The molecule has 0 spiro atoms. The number of piperazine rings is 1. The number of halogens is 1. The molecule has 3 aromatic rings. The predicted molar refractivity (Wildman–Crippen MR) is 115 cm³/mol. The van der Waals surface area contributed by atoms with E-state index in [1.807, 2.05) is 50.2 Å². The maximum Gasteiger partial charge on any atom is 0.246 e. The van der Waals surface area contributed by atoms with Crippen molar-refractivity contribution >= 4 is 38.6 Å². The maximum absolute atomic E-state index is 13.4. The number of rotatable bonds is 2. The van der Waals surface area contributed by atoms with Gasteiger partial charge in [0.2, 0.25) is 11.8 Å². The molecule has 0 radical (unpaired) electrons. The number of para-hydroxylation sites is 1. The Labute approximate surface area is 177 Å². The monoisotopic (exact) mass is 451 g/mol. The van der Waals surface area contributed by atoms with Gasteiger partial charge in [0.25, 0.3) is 0 Å². The van der Waals surface area contributed by atoms with Gasteiger partial charge in [-0.3, -0.25) is 9.59 Å². The normalized spacial score (nSPS) is 21.7. The summed E-state index contributed by atoms with van der Waals surface area (Å²) < 4.78 is 0.953. The number of H-pyrrole nitrogens is 1. The number of aromatic amines is 1. The Bertz CT molecular complexity index is 1140. The fraction of sp³-hybridized carbons (Fsp3) is 0.304. The number of aromatic nitrogens is 1. The van der Waals surface area contributed by atoms with E-state index in [1.54, 1.807) is 9.80 Å². The zero-order valence-corrected chi connectivity index (χ0v) is 17.9. The molecule has 1 saturated heterocycles. The van der Waals surface area contributed by atoms with Crippen molar-refractivity contribution in [3.8, 4) is 0 Å². The van der Waals surface area contributed by atoms with Crippen molar-refractivity contribution in [3.05, 3.63) is 69.8 Å². The molecule has 2 aliphatic heterocycles. The fourth-order valence-corrected chi connectivity index (χ4v) is 5.16. The summed E-state index contributed by atoms with van der Waals surface area (Å²) in [7, 11) is 0. The average Bonchev–Trinajstić information content (AvgIpc) is 3.07. The molecule has 2 atom stereocenters. The molecule has 2 aromatic carbocycles. The van der Waals surface area contributed by atoms with Crippen molar-refractivity contribution in [2.24, 2.45) is 0 Å². The number of fused-ring (bicyclic) bond motifs is 4. The Morgan fingerprint density at radius 1 is 1.10 bits per heavy atom. The van der Waals surface area contributed by atoms with Gasteiger partial charge < -0.3 is 14.8 Å². The summed E-state index contributed by atoms with van der Waals surface area (Å²) in [5.74, 6) is 0.0353. The highest BCUT2D eigenvalue weighted by molar-refractivity contribution is 9.10. The molecule has 148 valence electrons. The number of nitrogens with zero attached hydrogens (tertiary/aromatic N) is 2. The summed E-state index contributed by atoms with van der Waals surface area (Å²) >= 11 is 3.56. The molecule has 1 fully saturated rings. The first kappa shape index (κ1) is 18.4. The third-order valence-corrected chi connectivity index (χ3v) is 6.57. The standard InChI is InChI=1S/C23H22BrN3O2/c1-13(2)26-12-20(28)27-19(23(26)29)11-17-16-8-3-4-9-18(16)25-21(17)22(27)14-6-5-7-15(24)10-14/h3-10,13,19,22,25H,11-12H2,1-2H3/t19-,22?/m0/s1. The summed E-state index contributed by atoms with van der Waals surface area (Å²) in [6.07, 6.45) is 0.539. The summed E-state index contributed by atoms with van der Waals surface area (Å²) in [4.78, 5) is 33.7. The number of carbonyl (C=O) groups excluding carboxylic acids is 2. The smallest absolute Gasteiger partial charge is 0.246 e. The van der Waals surface area contributed by atoms with Crippen molar-refractivity contribution in [2.75, 3.05) is 6.54 Å². The lowest BCUT2D eigenvalue weighted by Gasteiger charge is -2.48. The Morgan fingerprint density at radius 3 is 2.66 bits per heavy atom. The Balaban J connectivity index is 1.74. The van der Waals surface area contributed by atoms with Crippen LogP contribution in [0.4, 0.5) is 0 Å². The van der Waals surface area contributed by atoms with Gasteiger partial charge in [0.15, 0.2) is 0 Å². The first-order chi connectivity index (χ1) is 14.0. The van der Waals surface area contributed by atoms with E-state index in [0.29, 0.717) is 6.42 Å². The van der Waals surface area contributed by atoms with Gasteiger partial charge in [-0.2, -0.15) is 0 Å². The average molecular weight is 452 g/mol. The summed E-state index contributed by atoms with van der Waals surface area (Å²) in [6, 6.07) is 15.4. The fourth-order valence-electron chi connectivity index (χ4n) is 4.75. The van der Waals surface area contributed by atoms with E-state index in [0.717, 1.165) is 32.2 Å². The van der Waals surface area contributed by atoms with E-state index in [2.05, 4.69) is 33.0 Å². The van der Waals surface area contributed by atoms with Crippen LogP contribution in [0, 0.1) is 0 Å². The van der Waals surface area contributed by atoms with Gasteiger partial charge in [-0.25, -0.2) is 0 Å². The molecular formula is C23H22BrN3O2. The van der Waals surface area contributed by atoms with E-state index >= 15 is 0 Å². The quantitative estimate of drug-likeness (QED) is 0.639. The molecule has 2 amide bonds. The molecule has 1 aromatic heterocycles. The topological polar surface area (TPSA) is 56.4 Å². The first-order valence-electron chi connectivity index (χ1n) is 9.92. The molecule has 0 aliphatic carbocycles. The van der Waals surface area contributed by atoms with Gasteiger partial charge in [-0.1, -0.05) is 46.3 Å². The SMILES string of the molecule is CC(C)N1CC(=O)N2C(c3cccc(Br)c3)c3[nH]c4ccccc4c3C[C@H]2C1=O. The van der Waals surface area contributed by atoms with E-state index in [4.69, 9.17) is 0 Å². The number of nitrogens with one attached hydrogen (secondary N) is 1. The highest BCUT2D eigenvalue weighted by Crippen LogP contribution is 2.43. The lowest BCUT2D eigenvalue weighted by Crippen LogP contribution is -2.64. The van der Waals surface area contributed by atoms with E-state index < -0.39 is 6.04 Å². The number of hydrogen-bond donors (Lipinski definition) is 1. The Morgan fingerprint density at radius 2 is 1.90 bits per heavy atom. The Hall–Kier alpha value is -2.60. The van der Waals surface area contributed by atoms with Crippen LogP contribution in [0.25, 0.3) is 10.9 Å². The van der Waals surface area contributed by atoms with Gasteiger partial charge in [0.1, 0.15) is 12.6 Å². The predicted octanol–water partition coefficient (Wildman–Crippen LogP) is 4.02. The maximum atomic E-state index is 13.4. The van der Waals surface area contributed by atoms with Crippen LogP contribution in [0.3, 0.4) is 0 Å². The molecule has 2 aliphatic rings. The number of amides is 2. The van der Waals surface area contributed by atoms with Crippen LogP contribution in [0.15, 0.2) is 53.0 Å². The molecular weight excluding hydrogens is 430 g/mol. The minimum atomic E-state index is -0.477.